The van der Waals surface area contributed by atoms with E-state index in [0.717, 1.165) is 24.7 Å². The Kier molecular flexibility index (Phi) is 4.29. The van der Waals surface area contributed by atoms with Gasteiger partial charge in [-0.15, -0.1) is 0 Å². The number of carbonyl (C=O) groups is 1. The predicted octanol–water partition coefficient (Wildman–Crippen LogP) is 2.14. The molecule has 1 aromatic heterocycles. The number of nitrogens with one attached hydrogen (secondary N) is 2. The van der Waals surface area contributed by atoms with Gasteiger partial charge in [0.05, 0.1) is 0 Å². The van der Waals surface area contributed by atoms with E-state index in [1.54, 1.807) is 0 Å². The molecule has 1 aliphatic carbocycles. The van der Waals surface area contributed by atoms with E-state index in [1.807, 2.05) is 6.07 Å². The lowest BCUT2D eigenvalue weighted by Crippen LogP contribution is -2.46. The van der Waals surface area contributed by atoms with Gasteiger partial charge < -0.3 is 5.32 Å². The maximum atomic E-state index is 12.1. The fourth-order valence-corrected chi connectivity index (χ4v) is 3.14. The molecule has 1 aliphatic heterocycles. The number of carbonyl (C=O) groups excluding carboxylic acids is 1. The van der Waals surface area contributed by atoms with Gasteiger partial charge in [0.1, 0.15) is 5.69 Å². The number of rotatable bonds is 5. The van der Waals surface area contributed by atoms with E-state index in [0.29, 0.717) is 24.2 Å². The Hall–Kier alpha value is -1.36. The Morgan fingerprint density at radius 1 is 1.52 bits per heavy atom. The van der Waals surface area contributed by atoms with Gasteiger partial charge in [-0.05, 0) is 51.1 Å². The van der Waals surface area contributed by atoms with E-state index in [9.17, 15) is 4.79 Å². The molecule has 5 heteroatoms. The number of H-pyrrole nitrogens is 1. The van der Waals surface area contributed by atoms with Crippen LogP contribution in [0.4, 0.5) is 0 Å². The van der Waals surface area contributed by atoms with Crippen LogP contribution in [0.25, 0.3) is 0 Å². The largest absolute Gasteiger partial charge is 0.349 e. The van der Waals surface area contributed by atoms with Crippen molar-refractivity contribution in [3.8, 4) is 0 Å². The average Bonchev–Trinajstić information content (AvgIpc) is 3.22. The molecule has 0 spiro atoms. The molecule has 0 unspecified atom stereocenters. The highest BCUT2D eigenvalue weighted by Gasteiger charge is 2.27. The van der Waals surface area contributed by atoms with Crippen molar-refractivity contribution in [2.45, 2.75) is 51.5 Å². The maximum Gasteiger partial charge on any atom is 0.271 e. The van der Waals surface area contributed by atoms with Crippen LogP contribution in [0.2, 0.25) is 0 Å². The second-order valence-corrected chi connectivity index (χ2v) is 6.78. The van der Waals surface area contributed by atoms with E-state index in [4.69, 9.17) is 0 Å². The molecule has 1 saturated carbocycles. The Labute approximate surface area is 126 Å². The first kappa shape index (κ1) is 14.6. The lowest BCUT2D eigenvalue weighted by atomic mass is 9.99. The fraction of sp³-hybridized carbons (Fsp3) is 0.750. The SMILES string of the molecule is C[C@@H]1CCCN([C@H](C)CNC(=O)c2cc(C3CC3)[nH]n2)C1. The molecule has 0 aromatic carbocycles. The van der Waals surface area contributed by atoms with Crippen molar-refractivity contribution in [1.29, 1.82) is 0 Å². The molecule has 3 rings (SSSR count). The molecule has 116 valence electrons. The van der Waals surface area contributed by atoms with Crippen LogP contribution in [0.15, 0.2) is 6.07 Å². The summed E-state index contributed by atoms with van der Waals surface area (Å²) in [5.41, 5.74) is 1.63. The van der Waals surface area contributed by atoms with E-state index in [2.05, 4.69) is 34.3 Å². The van der Waals surface area contributed by atoms with Crippen molar-refractivity contribution in [3.63, 3.8) is 0 Å². The molecule has 5 nitrogen and oxygen atoms in total. The van der Waals surface area contributed by atoms with Gasteiger partial charge in [-0.2, -0.15) is 5.10 Å². The number of aromatic amines is 1. The summed E-state index contributed by atoms with van der Waals surface area (Å²) in [7, 11) is 0. The van der Waals surface area contributed by atoms with Crippen LogP contribution in [0.3, 0.4) is 0 Å². The van der Waals surface area contributed by atoms with Gasteiger partial charge in [-0.3, -0.25) is 14.8 Å². The summed E-state index contributed by atoms with van der Waals surface area (Å²) in [5, 5.41) is 10.1. The standard InChI is InChI=1S/C16H26N4O/c1-11-4-3-7-20(10-11)12(2)9-17-16(21)15-8-14(18-19-15)13-5-6-13/h8,11-13H,3-7,9-10H2,1-2H3,(H,17,21)(H,18,19)/t11-,12-/m1/s1. The van der Waals surface area contributed by atoms with Crippen molar-refractivity contribution >= 4 is 5.91 Å². The highest BCUT2D eigenvalue weighted by molar-refractivity contribution is 5.92. The third-order valence-electron chi connectivity index (χ3n) is 4.72. The van der Waals surface area contributed by atoms with Gasteiger partial charge in [0.2, 0.25) is 0 Å². The minimum atomic E-state index is -0.0601. The highest BCUT2D eigenvalue weighted by atomic mass is 16.1. The summed E-state index contributed by atoms with van der Waals surface area (Å²) >= 11 is 0. The van der Waals surface area contributed by atoms with Gasteiger partial charge in [-0.1, -0.05) is 6.92 Å². The molecule has 2 fully saturated rings. The summed E-state index contributed by atoms with van der Waals surface area (Å²) in [5.74, 6) is 1.31. The summed E-state index contributed by atoms with van der Waals surface area (Å²) in [4.78, 5) is 14.6. The van der Waals surface area contributed by atoms with Crippen LogP contribution in [0, 0.1) is 5.92 Å². The van der Waals surface area contributed by atoms with Crippen LogP contribution < -0.4 is 5.32 Å². The third-order valence-corrected chi connectivity index (χ3v) is 4.72. The predicted molar refractivity (Wildman–Crippen MR) is 82.3 cm³/mol. The highest BCUT2D eigenvalue weighted by Crippen LogP contribution is 2.38. The number of hydrogen-bond donors (Lipinski definition) is 2. The number of aromatic nitrogens is 2. The number of amides is 1. The minimum absolute atomic E-state index is 0.0601. The van der Waals surface area contributed by atoms with E-state index in [1.165, 1.54) is 25.7 Å². The van der Waals surface area contributed by atoms with Gasteiger partial charge in [-0.25, -0.2) is 0 Å². The van der Waals surface area contributed by atoms with Crippen LogP contribution >= 0.6 is 0 Å². The van der Waals surface area contributed by atoms with Crippen LogP contribution in [0.1, 0.15) is 61.6 Å². The zero-order valence-corrected chi connectivity index (χ0v) is 13.1. The van der Waals surface area contributed by atoms with Gasteiger partial charge in [0.25, 0.3) is 5.91 Å². The summed E-state index contributed by atoms with van der Waals surface area (Å²) in [6, 6.07) is 2.29. The molecular formula is C16H26N4O. The molecule has 0 bridgehead atoms. The molecule has 2 heterocycles. The van der Waals surface area contributed by atoms with Crippen molar-refractivity contribution < 1.29 is 4.79 Å². The number of hydrogen-bond acceptors (Lipinski definition) is 3. The van der Waals surface area contributed by atoms with Gasteiger partial charge in [0.15, 0.2) is 0 Å². The van der Waals surface area contributed by atoms with Crippen LogP contribution in [-0.2, 0) is 0 Å². The zero-order valence-electron chi connectivity index (χ0n) is 13.1. The molecule has 1 aromatic rings. The van der Waals surface area contributed by atoms with Crippen LogP contribution in [0.5, 0.6) is 0 Å². The second-order valence-electron chi connectivity index (χ2n) is 6.78. The summed E-state index contributed by atoms with van der Waals surface area (Å²) in [6.07, 6.45) is 5.03. The Morgan fingerprint density at radius 3 is 3.05 bits per heavy atom. The normalized spacial score (nSPS) is 24.8. The Bertz CT molecular complexity index is 494. The molecule has 21 heavy (non-hydrogen) atoms. The van der Waals surface area contributed by atoms with Crippen molar-refractivity contribution in [2.24, 2.45) is 5.92 Å². The monoisotopic (exact) mass is 290 g/mol. The molecule has 2 atom stereocenters. The van der Waals surface area contributed by atoms with Gasteiger partial charge in [0, 0.05) is 30.7 Å². The molecule has 2 N–H and O–H groups in total. The number of nitrogens with zero attached hydrogens (tertiary/aromatic N) is 2. The van der Waals surface area contributed by atoms with Crippen LogP contribution in [-0.4, -0.2) is 46.7 Å². The molecule has 0 radical (unpaired) electrons. The third kappa shape index (κ3) is 3.64. The molecule has 2 aliphatic rings. The molecule has 1 amide bonds. The van der Waals surface area contributed by atoms with Crippen molar-refractivity contribution in [2.75, 3.05) is 19.6 Å². The van der Waals surface area contributed by atoms with E-state index >= 15 is 0 Å². The fourth-order valence-electron chi connectivity index (χ4n) is 3.14. The first-order valence-corrected chi connectivity index (χ1v) is 8.21. The van der Waals surface area contributed by atoms with E-state index < -0.39 is 0 Å². The summed E-state index contributed by atoms with van der Waals surface area (Å²) < 4.78 is 0. The number of likely N-dealkylation sites (tertiary alicyclic amines) is 1. The second kappa shape index (κ2) is 6.18. The minimum Gasteiger partial charge on any atom is -0.349 e. The maximum absolute atomic E-state index is 12.1. The lowest BCUT2D eigenvalue weighted by molar-refractivity contribution is 0.0912. The quantitative estimate of drug-likeness (QED) is 0.873. The van der Waals surface area contributed by atoms with Crippen molar-refractivity contribution in [1.82, 2.24) is 20.4 Å². The first-order chi connectivity index (χ1) is 10.1. The molecule has 1 saturated heterocycles. The lowest BCUT2D eigenvalue weighted by Gasteiger charge is -2.35. The number of piperidine rings is 1. The zero-order chi connectivity index (χ0) is 14.8. The average molecular weight is 290 g/mol. The van der Waals surface area contributed by atoms with E-state index in [-0.39, 0.29) is 5.91 Å². The van der Waals surface area contributed by atoms with Crippen molar-refractivity contribution in [3.05, 3.63) is 17.5 Å². The smallest absolute Gasteiger partial charge is 0.271 e. The Balaban J connectivity index is 1.47. The topological polar surface area (TPSA) is 61.0 Å². The summed E-state index contributed by atoms with van der Waals surface area (Å²) in [6.45, 7) is 7.48. The Morgan fingerprint density at radius 2 is 2.33 bits per heavy atom. The van der Waals surface area contributed by atoms with Gasteiger partial charge >= 0.3 is 0 Å². The molecular weight excluding hydrogens is 264 g/mol. The first-order valence-electron chi connectivity index (χ1n) is 8.21.